The summed E-state index contributed by atoms with van der Waals surface area (Å²) in [5, 5.41) is 15.7. The number of aryl methyl sites for hydroxylation is 1. The number of aliphatic hydroxyl groups is 1. The van der Waals surface area contributed by atoms with Gasteiger partial charge in [-0.25, -0.2) is 4.79 Å². The second kappa shape index (κ2) is 8.06. The second-order valence-corrected chi connectivity index (χ2v) is 8.40. The van der Waals surface area contributed by atoms with Crippen LogP contribution in [0.5, 0.6) is 0 Å². The maximum absolute atomic E-state index is 12.0. The number of rotatable bonds is 6. The SMILES string of the molecule is C[C@H](O)CC(C)(C)CNC(=O)NC[C@H]1SCCc2ccccc21. The van der Waals surface area contributed by atoms with Crippen molar-refractivity contribution in [2.24, 2.45) is 5.41 Å². The smallest absolute Gasteiger partial charge is 0.314 e. The predicted molar refractivity (Wildman–Crippen MR) is 96.8 cm³/mol. The van der Waals surface area contributed by atoms with E-state index in [0.29, 0.717) is 24.8 Å². The average molecular weight is 337 g/mol. The molecule has 0 radical (unpaired) electrons. The van der Waals surface area contributed by atoms with E-state index in [1.165, 1.54) is 11.1 Å². The number of hydrogen-bond acceptors (Lipinski definition) is 3. The molecule has 0 aliphatic carbocycles. The number of carbonyl (C=O) groups is 1. The first kappa shape index (κ1) is 18.1. The molecule has 0 spiro atoms. The van der Waals surface area contributed by atoms with Crippen molar-refractivity contribution in [3.8, 4) is 0 Å². The van der Waals surface area contributed by atoms with Crippen molar-refractivity contribution >= 4 is 17.8 Å². The van der Waals surface area contributed by atoms with E-state index in [1.807, 2.05) is 25.6 Å². The van der Waals surface area contributed by atoms with Crippen LogP contribution in [0, 0.1) is 5.41 Å². The van der Waals surface area contributed by atoms with Gasteiger partial charge in [0.25, 0.3) is 0 Å². The number of hydrogen-bond donors (Lipinski definition) is 3. The van der Waals surface area contributed by atoms with Gasteiger partial charge in [0.05, 0.1) is 6.10 Å². The summed E-state index contributed by atoms with van der Waals surface area (Å²) in [5.74, 6) is 1.10. The Bertz CT molecular complexity index is 532. The van der Waals surface area contributed by atoms with Gasteiger partial charge in [-0.1, -0.05) is 38.1 Å². The summed E-state index contributed by atoms with van der Waals surface area (Å²) in [4.78, 5) is 12.0. The van der Waals surface area contributed by atoms with Crippen LogP contribution in [0.1, 0.15) is 43.6 Å². The van der Waals surface area contributed by atoms with E-state index in [1.54, 1.807) is 6.92 Å². The molecule has 0 saturated carbocycles. The Labute approximate surface area is 143 Å². The summed E-state index contributed by atoms with van der Waals surface area (Å²) >= 11 is 1.90. The van der Waals surface area contributed by atoms with Crippen LogP contribution in [-0.4, -0.2) is 36.1 Å². The van der Waals surface area contributed by atoms with Crippen molar-refractivity contribution in [3.05, 3.63) is 35.4 Å². The number of urea groups is 1. The topological polar surface area (TPSA) is 61.4 Å². The van der Waals surface area contributed by atoms with Crippen LogP contribution in [0.4, 0.5) is 4.79 Å². The van der Waals surface area contributed by atoms with Crippen LogP contribution < -0.4 is 10.6 Å². The van der Waals surface area contributed by atoms with E-state index in [4.69, 9.17) is 0 Å². The van der Waals surface area contributed by atoms with Crippen LogP contribution in [0.3, 0.4) is 0 Å². The fourth-order valence-corrected chi connectivity index (χ4v) is 4.32. The van der Waals surface area contributed by atoms with Crippen LogP contribution >= 0.6 is 11.8 Å². The van der Waals surface area contributed by atoms with Crippen molar-refractivity contribution in [3.63, 3.8) is 0 Å². The monoisotopic (exact) mass is 336 g/mol. The average Bonchev–Trinajstić information content (AvgIpc) is 2.49. The minimum absolute atomic E-state index is 0.113. The molecule has 0 unspecified atom stereocenters. The zero-order chi connectivity index (χ0) is 16.9. The Morgan fingerprint density at radius 2 is 2.13 bits per heavy atom. The van der Waals surface area contributed by atoms with Crippen LogP contribution in [0.2, 0.25) is 0 Å². The Morgan fingerprint density at radius 3 is 2.87 bits per heavy atom. The molecule has 1 aliphatic heterocycles. The Hall–Kier alpha value is -1.20. The quantitative estimate of drug-likeness (QED) is 0.748. The molecule has 23 heavy (non-hydrogen) atoms. The maximum atomic E-state index is 12.0. The number of thioether (sulfide) groups is 1. The van der Waals surface area contributed by atoms with Gasteiger partial charge in [-0.15, -0.1) is 0 Å². The van der Waals surface area contributed by atoms with Crippen molar-refractivity contribution in [1.82, 2.24) is 10.6 Å². The number of aliphatic hydroxyl groups excluding tert-OH is 1. The van der Waals surface area contributed by atoms with E-state index in [-0.39, 0.29) is 17.6 Å². The van der Waals surface area contributed by atoms with Gasteiger partial charge in [0.2, 0.25) is 0 Å². The maximum Gasteiger partial charge on any atom is 0.314 e. The van der Waals surface area contributed by atoms with Crippen LogP contribution in [0.25, 0.3) is 0 Å². The lowest BCUT2D eigenvalue weighted by atomic mass is 9.87. The van der Waals surface area contributed by atoms with Crippen LogP contribution in [0.15, 0.2) is 24.3 Å². The minimum Gasteiger partial charge on any atom is -0.393 e. The lowest BCUT2D eigenvalue weighted by Crippen LogP contribution is -2.42. The third kappa shape index (κ3) is 5.74. The molecule has 1 heterocycles. The van der Waals surface area contributed by atoms with E-state index in [2.05, 4.69) is 34.9 Å². The summed E-state index contributed by atoms with van der Waals surface area (Å²) in [6.07, 6.45) is 1.42. The molecule has 0 aromatic heterocycles. The summed E-state index contributed by atoms with van der Waals surface area (Å²) in [6, 6.07) is 8.36. The molecule has 0 bridgehead atoms. The minimum atomic E-state index is -0.356. The van der Waals surface area contributed by atoms with Crippen molar-refractivity contribution in [2.45, 2.75) is 45.0 Å². The molecule has 2 rings (SSSR count). The molecule has 1 aromatic rings. The molecule has 0 fully saturated rings. The number of benzene rings is 1. The molecule has 3 N–H and O–H groups in total. The highest BCUT2D eigenvalue weighted by atomic mass is 32.2. The van der Waals surface area contributed by atoms with Crippen molar-refractivity contribution < 1.29 is 9.90 Å². The highest BCUT2D eigenvalue weighted by Gasteiger charge is 2.23. The molecule has 1 aliphatic rings. The number of fused-ring (bicyclic) bond motifs is 1. The van der Waals surface area contributed by atoms with E-state index in [9.17, 15) is 9.90 Å². The fraction of sp³-hybridized carbons (Fsp3) is 0.611. The van der Waals surface area contributed by atoms with E-state index < -0.39 is 0 Å². The first-order chi connectivity index (χ1) is 10.9. The van der Waals surface area contributed by atoms with Gasteiger partial charge >= 0.3 is 6.03 Å². The molecular formula is C18H28N2O2S. The molecule has 1 aromatic carbocycles. The molecule has 2 atom stereocenters. The normalized spacial score (nSPS) is 18.9. The summed E-state index contributed by atoms with van der Waals surface area (Å²) in [7, 11) is 0. The Balaban J connectivity index is 1.79. The molecule has 5 heteroatoms. The summed E-state index contributed by atoms with van der Waals surface area (Å²) in [6.45, 7) is 7.07. The van der Waals surface area contributed by atoms with Gasteiger partial charge in [0, 0.05) is 18.3 Å². The summed E-state index contributed by atoms with van der Waals surface area (Å²) in [5.41, 5.74) is 2.63. The number of nitrogens with one attached hydrogen (secondary N) is 2. The largest absolute Gasteiger partial charge is 0.393 e. The molecule has 0 saturated heterocycles. The Kier molecular flexibility index (Phi) is 6.36. The fourth-order valence-electron chi connectivity index (χ4n) is 3.09. The van der Waals surface area contributed by atoms with Crippen molar-refractivity contribution in [1.29, 1.82) is 0 Å². The highest BCUT2D eigenvalue weighted by Crippen LogP contribution is 2.35. The lowest BCUT2D eigenvalue weighted by molar-refractivity contribution is 0.129. The zero-order valence-electron chi connectivity index (χ0n) is 14.3. The van der Waals surface area contributed by atoms with E-state index in [0.717, 1.165) is 12.2 Å². The predicted octanol–water partition coefficient (Wildman–Crippen LogP) is 3.11. The van der Waals surface area contributed by atoms with Crippen molar-refractivity contribution in [2.75, 3.05) is 18.8 Å². The molecule has 4 nitrogen and oxygen atoms in total. The van der Waals surface area contributed by atoms with Gasteiger partial charge < -0.3 is 15.7 Å². The standard InChI is InChI=1S/C18H28N2O2S/c1-13(21)10-18(2,3)12-20-17(22)19-11-16-15-7-5-4-6-14(15)8-9-23-16/h4-7,13,16,21H,8-12H2,1-3H3,(H2,19,20,22)/t13-,16+/m0/s1. The zero-order valence-corrected chi connectivity index (χ0v) is 15.1. The summed E-state index contributed by atoms with van der Waals surface area (Å²) < 4.78 is 0. The van der Waals surface area contributed by atoms with Crippen LogP contribution in [-0.2, 0) is 6.42 Å². The Morgan fingerprint density at radius 1 is 1.39 bits per heavy atom. The van der Waals surface area contributed by atoms with Gasteiger partial charge in [0.1, 0.15) is 0 Å². The van der Waals surface area contributed by atoms with Gasteiger partial charge in [-0.05, 0) is 42.1 Å². The molecule has 2 amide bonds. The third-order valence-electron chi connectivity index (χ3n) is 4.12. The first-order valence-electron chi connectivity index (χ1n) is 8.26. The second-order valence-electron chi connectivity index (χ2n) is 7.09. The third-order valence-corrected chi connectivity index (χ3v) is 5.38. The number of carbonyl (C=O) groups excluding carboxylic acids is 1. The van der Waals surface area contributed by atoms with Gasteiger partial charge in [-0.2, -0.15) is 11.8 Å². The molecule has 128 valence electrons. The highest BCUT2D eigenvalue weighted by molar-refractivity contribution is 7.99. The first-order valence-corrected chi connectivity index (χ1v) is 9.31. The molecular weight excluding hydrogens is 308 g/mol. The number of amides is 2. The lowest BCUT2D eigenvalue weighted by Gasteiger charge is -2.27. The van der Waals surface area contributed by atoms with Gasteiger partial charge in [0.15, 0.2) is 0 Å². The van der Waals surface area contributed by atoms with Gasteiger partial charge in [-0.3, -0.25) is 0 Å². The van der Waals surface area contributed by atoms with E-state index >= 15 is 0 Å².